The highest BCUT2D eigenvalue weighted by Gasteiger charge is 2.37. The highest BCUT2D eigenvalue weighted by Crippen LogP contribution is 2.17. The number of hydrogen-bond donors (Lipinski definition) is 0. The lowest BCUT2D eigenvalue weighted by Crippen LogP contribution is -2.55. The zero-order valence-corrected chi connectivity index (χ0v) is 10.2. The van der Waals surface area contributed by atoms with E-state index in [4.69, 9.17) is 12.2 Å². The van der Waals surface area contributed by atoms with Gasteiger partial charge in [-0.25, -0.2) is 0 Å². The van der Waals surface area contributed by atoms with E-state index in [2.05, 4.69) is 6.58 Å². The van der Waals surface area contributed by atoms with Gasteiger partial charge in [0.2, 0.25) is 0 Å². The molecule has 1 aliphatic rings. The molecule has 1 aliphatic heterocycles. The van der Waals surface area contributed by atoms with Gasteiger partial charge < -0.3 is 0 Å². The Balaban J connectivity index is 3.20. The van der Waals surface area contributed by atoms with Gasteiger partial charge in [0, 0.05) is 13.1 Å². The molecule has 0 aliphatic carbocycles. The molecule has 0 N–H and O–H groups in total. The fourth-order valence-corrected chi connectivity index (χ4v) is 1.94. The Morgan fingerprint density at radius 3 is 1.94 bits per heavy atom. The molecule has 16 heavy (non-hydrogen) atoms. The van der Waals surface area contributed by atoms with Crippen LogP contribution in [0.3, 0.4) is 0 Å². The topological polar surface area (TPSA) is 40.6 Å². The maximum atomic E-state index is 11.9. The third-order valence-corrected chi connectivity index (χ3v) is 2.77. The fraction of sp³-hybridized carbons (Fsp3) is 0.364. The SMILES string of the molecule is C=CC=C1C(=O)N(CC)C(=S)N(CC)C1=O. The molecule has 86 valence electrons. The van der Waals surface area contributed by atoms with E-state index in [1.165, 1.54) is 22.0 Å². The summed E-state index contributed by atoms with van der Waals surface area (Å²) in [6.45, 7) is 8.04. The van der Waals surface area contributed by atoms with E-state index in [1.54, 1.807) is 0 Å². The fourth-order valence-electron chi connectivity index (χ4n) is 1.52. The minimum atomic E-state index is -0.345. The number of amides is 2. The third kappa shape index (κ3) is 1.90. The van der Waals surface area contributed by atoms with Crippen molar-refractivity contribution >= 4 is 29.1 Å². The molecule has 0 spiro atoms. The molecule has 5 heteroatoms. The van der Waals surface area contributed by atoms with Crippen LogP contribution in [-0.4, -0.2) is 39.8 Å². The van der Waals surface area contributed by atoms with Crippen LogP contribution in [0.15, 0.2) is 24.3 Å². The lowest BCUT2D eigenvalue weighted by molar-refractivity contribution is -0.133. The standard InChI is InChI=1S/C11H14N2O2S/c1-4-7-8-9(14)12(5-2)11(16)13(6-3)10(8)15/h4,7H,1,5-6H2,2-3H3. The summed E-state index contributed by atoms with van der Waals surface area (Å²) in [6.07, 6.45) is 2.86. The van der Waals surface area contributed by atoms with Gasteiger partial charge in [-0.3, -0.25) is 19.4 Å². The number of hydrogen-bond acceptors (Lipinski definition) is 3. The maximum Gasteiger partial charge on any atom is 0.265 e. The highest BCUT2D eigenvalue weighted by atomic mass is 32.1. The van der Waals surface area contributed by atoms with Gasteiger partial charge in [0.25, 0.3) is 11.8 Å². The first-order valence-corrected chi connectivity index (χ1v) is 5.49. The number of nitrogens with zero attached hydrogens (tertiary/aromatic N) is 2. The van der Waals surface area contributed by atoms with Crippen LogP contribution < -0.4 is 0 Å². The number of rotatable bonds is 3. The quantitative estimate of drug-likeness (QED) is 0.420. The summed E-state index contributed by atoms with van der Waals surface area (Å²) in [5.74, 6) is -0.691. The molecule has 1 rings (SSSR count). The molecule has 2 amide bonds. The summed E-state index contributed by atoms with van der Waals surface area (Å²) < 4.78 is 0. The van der Waals surface area contributed by atoms with Crippen LogP contribution in [0.25, 0.3) is 0 Å². The van der Waals surface area contributed by atoms with E-state index in [-0.39, 0.29) is 22.5 Å². The zero-order valence-electron chi connectivity index (χ0n) is 9.40. The van der Waals surface area contributed by atoms with Crippen molar-refractivity contribution in [2.75, 3.05) is 13.1 Å². The van der Waals surface area contributed by atoms with E-state index >= 15 is 0 Å². The van der Waals surface area contributed by atoms with Crippen molar-refractivity contribution in [1.82, 2.24) is 9.80 Å². The monoisotopic (exact) mass is 238 g/mol. The second-order valence-corrected chi connectivity index (χ2v) is 3.56. The third-order valence-electron chi connectivity index (χ3n) is 2.33. The number of likely N-dealkylation sites (N-methyl/N-ethyl adjacent to an activating group) is 2. The molecular formula is C11H14N2O2S. The van der Waals surface area contributed by atoms with E-state index < -0.39 is 0 Å². The highest BCUT2D eigenvalue weighted by molar-refractivity contribution is 7.80. The van der Waals surface area contributed by atoms with Crippen molar-refractivity contribution in [3.63, 3.8) is 0 Å². The smallest absolute Gasteiger partial charge is 0.265 e. The van der Waals surface area contributed by atoms with Crippen LogP contribution >= 0.6 is 12.2 Å². The van der Waals surface area contributed by atoms with Gasteiger partial charge in [-0.15, -0.1) is 0 Å². The number of allylic oxidation sites excluding steroid dienone is 2. The average Bonchev–Trinajstić information content (AvgIpc) is 2.26. The van der Waals surface area contributed by atoms with Crippen molar-refractivity contribution in [1.29, 1.82) is 0 Å². The van der Waals surface area contributed by atoms with Gasteiger partial charge in [0.05, 0.1) is 0 Å². The van der Waals surface area contributed by atoms with E-state index in [0.717, 1.165) is 0 Å². The lowest BCUT2D eigenvalue weighted by atomic mass is 10.1. The van der Waals surface area contributed by atoms with Crippen molar-refractivity contribution in [2.45, 2.75) is 13.8 Å². The molecule has 0 saturated carbocycles. The normalized spacial score (nSPS) is 16.9. The molecular weight excluding hydrogens is 224 g/mol. The Labute approximate surface area is 100 Å². The molecule has 0 atom stereocenters. The summed E-state index contributed by atoms with van der Waals surface area (Å²) in [6, 6.07) is 0. The first-order chi connectivity index (χ1) is 7.58. The van der Waals surface area contributed by atoms with Gasteiger partial charge in [-0.1, -0.05) is 12.7 Å². The Bertz CT molecular complexity index is 359. The minimum absolute atomic E-state index is 0.118. The molecule has 1 saturated heterocycles. The first kappa shape index (κ1) is 12.6. The molecule has 0 aromatic rings. The molecule has 1 fully saturated rings. The van der Waals surface area contributed by atoms with Crippen LogP contribution in [0, 0.1) is 0 Å². The summed E-state index contributed by atoms with van der Waals surface area (Å²) in [4.78, 5) is 26.6. The molecule has 0 aromatic heterocycles. The van der Waals surface area contributed by atoms with Crippen molar-refractivity contribution in [2.24, 2.45) is 0 Å². The largest absolute Gasteiger partial charge is 0.285 e. The number of carbonyl (C=O) groups is 2. The van der Waals surface area contributed by atoms with E-state index in [1.807, 2.05) is 13.8 Å². The Morgan fingerprint density at radius 1 is 1.19 bits per heavy atom. The predicted octanol–water partition coefficient (Wildman–Crippen LogP) is 1.09. The second-order valence-electron chi connectivity index (χ2n) is 3.20. The van der Waals surface area contributed by atoms with Crippen molar-refractivity contribution in [3.8, 4) is 0 Å². The Hall–Kier alpha value is -1.49. The molecule has 0 aromatic carbocycles. The number of thiocarbonyl (C=S) groups is 1. The summed E-state index contributed by atoms with van der Waals surface area (Å²) in [7, 11) is 0. The predicted molar refractivity (Wildman–Crippen MR) is 65.7 cm³/mol. The molecule has 0 unspecified atom stereocenters. The van der Waals surface area contributed by atoms with Crippen LogP contribution in [0.5, 0.6) is 0 Å². The van der Waals surface area contributed by atoms with Crippen LogP contribution in [0.2, 0.25) is 0 Å². The molecule has 1 heterocycles. The Kier molecular flexibility index (Phi) is 3.95. The molecule has 0 bridgehead atoms. The van der Waals surface area contributed by atoms with Crippen molar-refractivity contribution in [3.05, 3.63) is 24.3 Å². The summed E-state index contributed by atoms with van der Waals surface area (Å²) in [5, 5.41) is 0.279. The average molecular weight is 238 g/mol. The Morgan fingerprint density at radius 2 is 1.62 bits per heavy atom. The molecule has 0 radical (unpaired) electrons. The van der Waals surface area contributed by atoms with E-state index in [9.17, 15) is 9.59 Å². The second kappa shape index (κ2) is 5.03. The molecule has 4 nitrogen and oxygen atoms in total. The maximum absolute atomic E-state index is 11.9. The summed E-state index contributed by atoms with van der Waals surface area (Å²) in [5.41, 5.74) is 0.118. The van der Waals surface area contributed by atoms with Gasteiger partial charge in [-0.2, -0.15) is 0 Å². The van der Waals surface area contributed by atoms with E-state index in [0.29, 0.717) is 13.1 Å². The van der Waals surface area contributed by atoms with Gasteiger partial charge in [0.15, 0.2) is 5.11 Å². The lowest BCUT2D eigenvalue weighted by Gasteiger charge is -2.35. The van der Waals surface area contributed by atoms with Crippen LogP contribution in [-0.2, 0) is 9.59 Å². The van der Waals surface area contributed by atoms with Crippen molar-refractivity contribution < 1.29 is 9.59 Å². The van der Waals surface area contributed by atoms with Gasteiger partial charge >= 0.3 is 0 Å². The minimum Gasteiger partial charge on any atom is -0.285 e. The van der Waals surface area contributed by atoms with Gasteiger partial charge in [-0.05, 0) is 32.1 Å². The first-order valence-electron chi connectivity index (χ1n) is 5.08. The summed E-state index contributed by atoms with van der Waals surface area (Å²) >= 11 is 5.10. The van der Waals surface area contributed by atoms with Crippen LogP contribution in [0.1, 0.15) is 13.8 Å². The zero-order chi connectivity index (χ0) is 12.3. The van der Waals surface area contributed by atoms with Gasteiger partial charge in [0.1, 0.15) is 5.57 Å². The van der Waals surface area contributed by atoms with Crippen LogP contribution in [0.4, 0.5) is 0 Å². The number of carbonyl (C=O) groups excluding carboxylic acids is 2.